The van der Waals surface area contributed by atoms with Gasteiger partial charge in [-0.05, 0) is 98.1 Å². The van der Waals surface area contributed by atoms with Crippen LogP contribution in [0, 0.1) is 10.8 Å². The summed E-state index contributed by atoms with van der Waals surface area (Å²) in [5.41, 5.74) is -1.77. The number of likely N-dealkylation sites (tertiary alicyclic amines) is 1. The Balaban J connectivity index is 0.00000768. The molecule has 0 aliphatic carbocycles. The number of hydrogen-bond donors (Lipinski definition) is 3. The third-order valence-electron chi connectivity index (χ3n) is 7.44. The van der Waals surface area contributed by atoms with Gasteiger partial charge in [0.05, 0.1) is 16.9 Å². The van der Waals surface area contributed by atoms with Gasteiger partial charge in [-0.3, -0.25) is 19.2 Å². The van der Waals surface area contributed by atoms with Crippen LogP contribution in [0.25, 0.3) is 0 Å². The van der Waals surface area contributed by atoms with Crippen LogP contribution in [0.15, 0.2) is 48.5 Å². The predicted molar refractivity (Wildman–Crippen MR) is 184 cm³/mol. The SMILES string of the molecule is Br.CC(C)(CNC(=O)[C@@H]1CCCN1C(=O)COc1ccccc1)NCC(O)c1ccc(OC(=O)C(C)(C)C)c(OC(=O)C(C)(C)C)c1. The highest BCUT2D eigenvalue weighted by molar-refractivity contribution is 8.93. The van der Waals surface area contributed by atoms with E-state index in [0.29, 0.717) is 24.3 Å². The largest absolute Gasteiger partial charge is 0.484 e. The van der Waals surface area contributed by atoms with Gasteiger partial charge in [0.25, 0.3) is 5.91 Å². The molecule has 0 bridgehead atoms. The third kappa shape index (κ3) is 11.9. The monoisotopic (exact) mass is 719 g/mol. The average Bonchev–Trinajstić information content (AvgIpc) is 3.48. The molecule has 1 unspecified atom stereocenters. The molecule has 47 heavy (non-hydrogen) atoms. The molecule has 1 aliphatic heterocycles. The maximum atomic E-state index is 13.1. The van der Waals surface area contributed by atoms with Crippen molar-refractivity contribution in [3.63, 3.8) is 0 Å². The van der Waals surface area contributed by atoms with E-state index in [4.69, 9.17) is 14.2 Å². The Hall–Kier alpha value is -3.48. The Kier molecular flexibility index (Phi) is 14.0. The number of ether oxygens (including phenoxy) is 3. The van der Waals surface area contributed by atoms with Gasteiger partial charge in [-0.15, -0.1) is 17.0 Å². The summed E-state index contributed by atoms with van der Waals surface area (Å²) in [4.78, 5) is 52.7. The molecule has 11 nitrogen and oxygen atoms in total. The average molecular weight is 721 g/mol. The minimum Gasteiger partial charge on any atom is -0.484 e. The van der Waals surface area contributed by atoms with E-state index < -0.39 is 40.5 Å². The Morgan fingerprint density at radius 2 is 1.49 bits per heavy atom. The highest BCUT2D eigenvalue weighted by Crippen LogP contribution is 2.34. The minimum atomic E-state index is -1.01. The van der Waals surface area contributed by atoms with E-state index in [1.54, 1.807) is 64.6 Å². The summed E-state index contributed by atoms with van der Waals surface area (Å²) in [6, 6.07) is 13.1. The number of nitrogens with zero attached hydrogens (tertiary/aromatic N) is 1. The first-order valence-corrected chi connectivity index (χ1v) is 15.6. The van der Waals surface area contributed by atoms with Crippen molar-refractivity contribution in [2.24, 2.45) is 10.8 Å². The zero-order valence-electron chi connectivity index (χ0n) is 28.7. The van der Waals surface area contributed by atoms with Crippen molar-refractivity contribution in [2.45, 2.75) is 85.9 Å². The number of carbonyl (C=O) groups is 4. The van der Waals surface area contributed by atoms with E-state index in [0.717, 1.165) is 6.42 Å². The number of esters is 2. The molecule has 3 rings (SSSR count). The van der Waals surface area contributed by atoms with Crippen LogP contribution < -0.4 is 24.8 Å². The first kappa shape index (κ1) is 39.7. The minimum absolute atomic E-state index is 0. The summed E-state index contributed by atoms with van der Waals surface area (Å²) < 4.78 is 16.7. The smallest absolute Gasteiger partial charge is 0.316 e. The number of aliphatic hydroxyl groups is 1. The maximum Gasteiger partial charge on any atom is 0.316 e. The summed E-state index contributed by atoms with van der Waals surface area (Å²) >= 11 is 0. The van der Waals surface area contributed by atoms with Gasteiger partial charge < -0.3 is 34.9 Å². The van der Waals surface area contributed by atoms with Crippen LogP contribution >= 0.6 is 17.0 Å². The first-order chi connectivity index (χ1) is 21.4. The molecule has 2 aromatic rings. The number of benzene rings is 2. The van der Waals surface area contributed by atoms with Crippen LogP contribution in [0.3, 0.4) is 0 Å². The fraction of sp³-hybridized carbons (Fsp3) is 0.543. The Bertz CT molecular complexity index is 1390. The molecule has 1 aliphatic rings. The van der Waals surface area contributed by atoms with Gasteiger partial charge in [0.1, 0.15) is 11.8 Å². The van der Waals surface area contributed by atoms with E-state index in [9.17, 15) is 24.3 Å². The number of hydrogen-bond acceptors (Lipinski definition) is 9. The fourth-order valence-corrected chi connectivity index (χ4v) is 4.46. The van der Waals surface area contributed by atoms with Crippen LogP contribution in [-0.2, 0) is 19.2 Å². The molecule has 0 saturated carbocycles. The molecule has 1 saturated heterocycles. The lowest BCUT2D eigenvalue weighted by atomic mass is 9.97. The van der Waals surface area contributed by atoms with Crippen LogP contribution in [0.5, 0.6) is 17.2 Å². The fourth-order valence-electron chi connectivity index (χ4n) is 4.46. The number of β-amino-alcohol motifs (C(OH)–C–C–N with tert-alkyl or cyclic N) is 1. The molecule has 0 spiro atoms. The van der Waals surface area contributed by atoms with Gasteiger partial charge >= 0.3 is 11.9 Å². The van der Waals surface area contributed by atoms with Gasteiger partial charge in [0.15, 0.2) is 18.1 Å². The molecule has 1 fully saturated rings. The van der Waals surface area contributed by atoms with Crippen molar-refractivity contribution in [2.75, 3.05) is 26.2 Å². The summed E-state index contributed by atoms with van der Waals surface area (Å²) in [7, 11) is 0. The second-order valence-corrected chi connectivity index (χ2v) is 14.3. The second kappa shape index (κ2) is 16.6. The summed E-state index contributed by atoms with van der Waals surface area (Å²) in [6.07, 6.45) is 0.283. The van der Waals surface area contributed by atoms with Crippen molar-refractivity contribution in [1.82, 2.24) is 15.5 Å². The van der Waals surface area contributed by atoms with Gasteiger partial charge in [0.2, 0.25) is 5.91 Å². The number of aliphatic hydroxyl groups excluding tert-OH is 1. The molecular weight excluding hydrogens is 670 g/mol. The third-order valence-corrected chi connectivity index (χ3v) is 7.44. The molecule has 0 radical (unpaired) electrons. The number of rotatable bonds is 12. The van der Waals surface area contributed by atoms with Gasteiger partial charge in [-0.1, -0.05) is 24.3 Å². The Morgan fingerprint density at radius 3 is 2.09 bits per heavy atom. The normalized spacial score (nSPS) is 15.7. The lowest BCUT2D eigenvalue weighted by Crippen LogP contribution is -2.54. The molecule has 12 heteroatoms. The van der Waals surface area contributed by atoms with E-state index in [1.165, 1.54) is 12.1 Å². The molecule has 260 valence electrons. The van der Waals surface area contributed by atoms with Crippen LogP contribution in [0.4, 0.5) is 0 Å². The number of para-hydroxylation sites is 1. The van der Waals surface area contributed by atoms with Crippen LogP contribution in [-0.4, -0.2) is 71.6 Å². The summed E-state index contributed by atoms with van der Waals surface area (Å²) in [5, 5.41) is 17.2. The van der Waals surface area contributed by atoms with Crippen LogP contribution in [0.1, 0.15) is 79.9 Å². The molecule has 2 amide bonds. The number of nitrogens with one attached hydrogen (secondary N) is 2. The van der Waals surface area contributed by atoms with Crippen LogP contribution in [0.2, 0.25) is 0 Å². The zero-order chi connectivity index (χ0) is 34.3. The number of carbonyl (C=O) groups excluding carboxylic acids is 4. The van der Waals surface area contributed by atoms with E-state index in [-0.39, 0.29) is 60.0 Å². The quantitative estimate of drug-likeness (QED) is 0.209. The summed E-state index contributed by atoms with van der Waals surface area (Å²) in [6.45, 7) is 14.8. The topological polar surface area (TPSA) is 144 Å². The molecule has 0 aromatic heterocycles. The van der Waals surface area contributed by atoms with E-state index in [2.05, 4.69) is 10.6 Å². The lowest BCUT2D eigenvalue weighted by Gasteiger charge is -2.30. The van der Waals surface area contributed by atoms with Crippen molar-refractivity contribution < 1.29 is 38.5 Å². The molecule has 1 heterocycles. The van der Waals surface area contributed by atoms with Crippen molar-refractivity contribution in [3.8, 4) is 17.2 Å². The van der Waals surface area contributed by atoms with Gasteiger partial charge in [-0.2, -0.15) is 0 Å². The highest BCUT2D eigenvalue weighted by atomic mass is 79.9. The maximum absolute atomic E-state index is 13.1. The van der Waals surface area contributed by atoms with Gasteiger partial charge in [0, 0.05) is 25.2 Å². The highest BCUT2D eigenvalue weighted by Gasteiger charge is 2.35. The predicted octanol–water partition coefficient (Wildman–Crippen LogP) is 4.76. The zero-order valence-corrected chi connectivity index (χ0v) is 30.4. The Morgan fingerprint density at radius 1 is 0.894 bits per heavy atom. The molecular formula is C35H50BrN3O8. The molecule has 2 atom stereocenters. The molecule has 3 N–H and O–H groups in total. The molecule has 2 aromatic carbocycles. The number of halogens is 1. The first-order valence-electron chi connectivity index (χ1n) is 15.6. The second-order valence-electron chi connectivity index (χ2n) is 14.3. The van der Waals surface area contributed by atoms with Crippen molar-refractivity contribution >= 4 is 40.7 Å². The lowest BCUT2D eigenvalue weighted by molar-refractivity contribution is -0.145. The van der Waals surface area contributed by atoms with Gasteiger partial charge in [-0.25, -0.2) is 0 Å². The van der Waals surface area contributed by atoms with E-state index in [1.807, 2.05) is 32.0 Å². The van der Waals surface area contributed by atoms with Crippen molar-refractivity contribution in [1.29, 1.82) is 0 Å². The standard InChI is InChI=1S/C35H49N3O8.BrH/c1-33(2,3)31(42)45-27-17-16-23(19-28(27)46-32(43)34(4,5)6)26(39)20-37-35(7,8)22-36-30(41)25-15-12-18-38(25)29(40)21-44-24-13-10-9-11-14-24;/h9-11,13-14,16-17,19,25-26,37,39H,12,15,18,20-22H2,1-8H3,(H,36,41);1H/t25-,26?;/m0./s1. The van der Waals surface area contributed by atoms with Crippen molar-refractivity contribution in [3.05, 3.63) is 54.1 Å². The van der Waals surface area contributed by atoms with E-state index >= 15 is 0 Å². The summed E-state index contributed by atoms with van der Waals surface area (Å²) in [5.74, 6) is -0.798. The number of amides is 2. The Labute approximate surface area is 288 Å².